The lowest BCUT2D eigenvalue weighted by molar-refractivity contribution is 1.05. The fraction of sp³-hybridized carbons (Fsp3) is 0.200. The fourth-order valence-corrected chi connectivity index (χ4v) is 1.94. The average Bonchev–Trinajstić information content (AvgIpc) is 2.53. The van der Waals surface area contributed by atoms with E-state index in [1.54, 1.807) is 11.3 Å². The second-order valence-electron chi connectivity index (χ2n) is 2.86. The molecule has 13 heavy (non-hydrogen) atoms. The summed E-state index contributed by atoms with van der Waals surface area (Å²) in [5.41, 5.74) is 1.08. The molecule has 2 nitrogen and oxygen atoms in total. The smallest absolute Gasteiger partial charge is 0.0987 e. The number of aryl methyl sites for hydroxylation is 1. The first kappa shape index (κ1) is 8.38. The largest absolute Gasteiger partial charge is 0.261 e. The number of nitrogens with zero attached hydrogens (tertiary/aromatic N) is 2. The number of aromatic nitrogens is 2. The number of rotatable bonds is 2. The highest BCUT2D eigenvalue weighted by Crippen LogP contribution is 2.14. The Morgan fingerprint density at radius 1 is 1.31 bits per heavy atom. The van der Waals surface area contributed by atoms with Crippen molar-refractivity contribution in [2.45, 2.75) is 13.3 Å². The average molecular weight is 190 g/mol. The van der Waals surface area contributed by atoms with E-state index in [-0.39, 0.29) is 0 Å². The quantitative estimate of drug-likeness (QED) is 0.727. The Balaban J connectivity index is 2.15. The van der Waals surface area contributed by atoms with Crippen molar-refractivity contribution in [2.24, 2.45) is 0 Å². The van der Waals surface area contributed by atoms with E-state index < -0.39 is 0 Å². The molecule has 0 aliphatic rings. The normalized spacial score (nSPS) is 10.2. The minimum atomic E-state index is 0.847. The van der Waals surface area contributed by atoms with Gasteiger partial charge in [-0.3, -0.25) is 4.98 Å². The molecular weight excluding hydrogens is 180 g/mol. The maximum atomic E-state index is 4.29. The number of pyridine rings is 1. The van der Waals surface area contributed by atoms with Gasteiger partial charge >= 0.3 is 0 Å². The molecule has 0 unspecified atom stereocenters. The highest BCUT2D eigenvalue weighted by Gasteiger charge is 2.00. The molecule has 2 aromatic rings. The van der Waals surface area contributed by atoms with Gasteiger partial charge in [-0.15, -0.1) is 11.3 Å². The van der Waals surface area contributed by atoms with Crippen LogP contribution in [0.5, 0.6) is 0 Å². The molecule has 0 aromatic carbocycles. The van der Waals surface area contributed by atoms with Crippen molar-refractivity contribution in [3.63, 3.8) is 0 Å². The Kier molecular flexibility index (Phi) is 2.36. The van der Waals surface area contributed by atoms with Gasteiger partial charge in [0.25, 0.3) is 0 Å². The van der Waals surface area contributed by atoms with E-state index >= 15 is 0 Å². The second-order valence-corrected chi connectivity index (χ2v) is 4.18. The van der Waals surface area contributed by atoms with Crippen LogP contribution in [0.2, 0.25) is 0 Å². The van der Waals surface area contributed by atoms with E-state index in [4.69, 9.17) is 0 Å². The molecule has 0 amide bonds. The fourth-order valence-electron chi connectivity index (χ4n) is 1.14. The predicted molar refractivity (Wildman–Crippen MR) is 53.9 cm³/mol. The van der Waals surface area contributed by atoms with Gasteiger partial charge in [0.2, 0.25) is 0 Å². The van der Waals surface area contributed by atoms with Crippen LogP contribution >= 0.6 is 11.3 Å². The third-order valence-corrected chi connectivity index (χ3v) is 2.64. The van der Waals surface area contributed by atoms with E-state index in [0.29, 0.717) is 0 Å². The van der Waals surface area contributed by atoms with Crippen LogP contribution < -0.4 is 0 Å². The number of thiazole rings is 1. The van der Waals surface area contributed by atoms with Gasteiger partial charge in [-0.1, -0.05) is 6.07 Å². The first-order chi connectivity index (χ1) is 6.34. The van der Waals surface area contributed by atoms with Gasteiger partial charge in [-0.2, -0.15) is 0 Å². The van der Waals surface area contributed by atoms with Crippen molar-refractivity contribution in [3.05, 3.63) is 46.2 Å². The van der Waals surface area contributed by atoms with Crippen LogP contribution in [0.3, 0.4) is 0 Å². The van der Waals surface area contributed by atoms with E-state index in [1.165, 1.54) is 4.88 Å². The minimum Gasteiger partial charge on any atom is -0.261 e. The van der Waals surface area contributed by atoms with Gasteiger partial charge in [0, 0.05) is 29.4 Å². The summed E-state index contributed by atoms with van der Waals surface area (Å²) >= 11 is 1.73. The van der Waals surface area contributed by atoms with Crippen LogP contribution in [0.4, 0.5) is 0 Å². The Bertz CT molecular complexity index is 381. The molecule has 0 aliphatic heterocycles. The summed E-state index contributed by atoms with van der Waals surface area (Å²) in [5, 5.41) is 1.14. The van der Waals surface area contributed by atoms with Crippen LogP contribution in [0.1, 0.15) is 15.6 Å². The SMILES string of the molecule is Cc1cnc(Cc2ccccn2)s1. The minimum absolute atomic E-state index is 0.847. The molecule has 0 fully saturated rings. The molecule has 3 heteroatoms. The molecule has 0 saturated carbocycles. The monoisotopic (exact) mass is 190 g/mol. The summed E-state index contributed by atoms with van der Waals surface area (Å²) in [6.07, 6.45) is 4.57. The van der Waals surface area contributed by atoms with E-state index in [0.717, 1.165) is 17.1 Å². The molecule has 66 valence electrons. The third-order valence-electron chi connectivity index (χ3n) is 1.73. The Labute approximate surface area is 81.3 Å². The van der Waals surface area contributed by atoms with Crippen LogP contribution in [0.15, 0.2) is 30.6 Å². The molecular formula is C10H10N2S. The highest BCUT2D eigenvalue weighted by molar-refractivity contribution is 7.11. The molecule has 2 rings (SSSR count). The maximum absolute atomic E-state index is 4.29. The van der Waals surface area contributed by atoms with Gasteiger partial charge in [-0.05, 0) is 19.1 Å². The van der Waals surface area contributed by atoms with Crippen molar-refractivity contribution in [1.29, 1.82) is 0 Å². The van der Waals surface area contributed by atoms with Crippen molar-refractivity contribution in [1.82, 2.24) is 9.97 Å². The lowest BCUT2D eigenvalue weighted by atomic mass is 10.3. The molecule has 0 atom stereocenters. The zero-order valence-electron chi connectivity index (χ0n) is 7.40. The van der Waals surface area contributed by atoms with Crippen LogP contribution in [0, 0.1) is 6.92 Å². The number of hydrogen-bond acceptors (Lipinski definition) is 3. The lowest BCUT2D eigenvalue weighted by Gasteiger charge is -1.94. The van der Waals surface area contributed by atoms with Gasteiger partial charge in [0.05, 0.1) is 5.01 Å². The Hall–Kier alpha value is -1.22. The van der Waals surface area contributed by atoms with E-state index in [2.05, 4.69) is 16.9 Å². The summed E-state index contributed by atoms with van der Waals surface area (Å²) in [6, 6.07) is 5.95. The first-order valence-electron chi connectivity index (χ1n) is 4.16. The maximum Gasteiger partial charge on any atom is 0.0987 e. The number of hydrogen-bond donors (Lipinski definition) is 0. The Morgan fingerprint density at radius 3 is 2.85 bits per heavy atom. The van der Waals surface area contributed by atoms with Crippen molar-refractivity contribution in [2.75, 3.05) is 0 Å². The van der Waals surface area contributed by atoms with Crippen LogP contribution in [-0.2, 0) is 6.42 Å². The molecule has 2 heterocycles. The molecule has 0 aliphatic carbocycles. The zero-order chi connectivity index (χ0) is 9.10. The van der Waals surface area contributed by atoms with Gasteiger partial charge < -0.3 is 0 Å². The van der Waals surface area contributed by atoms with Crippen molar-refractivity contribution in [3.8, 4) is 0 Å². The molecule has 2 aromatic heterocycles. The van der Waals surface area contributed by atoms with Crippen LogP contribution in [-0.4, -0.2) is 9.97 Å². The first-order valence-corrected chi connectivity index (χ1v) is 4.97. The van der Waals surface area contributed by atoms with Crippen LogP contribution in [0.25, 0.3) is 0 Å². The third kappa shape index (κ3) is 2.12. The molecule has 0 radical (unpaired) electrons. The topological polar surface area (TPSA) is 25.8 Å². The standard InChI is InChI=1S/C10H10N2S/c1-8-7-12-10(13-8)6-9-4-2-3-5-11-9/h2-5,7H,6H2,1H3. The molecule has 0 saturated heterocycles. The summed E-state index contributed by atoms with van der Waals surface area (Å²) in [6.45, 7) is 2.07. The van der Waals surface area contributed by atoms with Gasteiger partial charge in [0.15, 0.2) is 0 Å². The molecule has 0 bridgehead atoms. The van der Waals surface area contributed by atoms with Gasteiger partial charge in [-0.25, -0.2) is 4.98 Å². The van der Waals surface area contributed by atoms with Crippen molar-refractivity contribution >= 4 is 11.3 Å². The summed E-state index contributed by atoms with van der Waals surface area (Å²) in [4.78, 5) is 9.80. The Morgan fingerprint density at radius 2 is 2.23 bits per heavy atom. The van der Waals surface area contributed by atoms with Gasteiger partial charge in [0.1, 0.15) is 0 Å². The summed E-state index contributed by atoms with van der Waals surface area (Å²) in [5.74, 6) is 0. The van der Waals surface area contributed by atoms with E-state index in [9.17, 15) is 0 Å². The predicted octanol–water partition coefficient (Wildman–Crippen LogP) is 2.44. The zero-order valence-corrected chi connectivity index (χ0v) is 8.21. The highest BCUT2D eigenvalue weighted by atomic mass is 32.1. The summed E-state index contributed by atoms with van der Waals surface area (Å²) < 4.78 is 0. The lowest BCUT2D eigenvalue weighted by Crippen LogP contribution is -1.89. The summed E-state index contributed by atoms with van der Waals surface area (Å²) in [7, 11) is 0. The molecule has 0 N–H and O–H groups in total. The second kappa shape index (κ2) is 3.66. The van der Waals surface area contributed by atoms with Crippen molar-refractivity contribution < 1.29 is 0 Å². The van der Waals surface area contributed by atoms with E-state index in [1.807, 2.05) is 30.6 Å². The molecule has 0 spiro atoms.